The molecule has 2 aromatic rings. The van der Waals surface area contributed by atoms with E-state index in [1.807, 2.05) is 30.3 Å². The van der Waals surface area contributed by atoms with E-state index in [-0.39, 0.29) is 28.9 Å². The van der Waals surface area contributed by atoms with Crippen LogP contribution in [0.2, 0.25) is 0 Å². The molecular weight excluding hydrogens is 304 g/mol. The van der Waals surface area contributed by atoms with Crippen molar-refractivity contribution in [3.63, 3.8) is 0 Å². The molecule has 19 heavy (non-hydrogen) atoms. The Bertz CT molecular complexity index is 579. The summed E-state index contributed by atoms with van der Waals surface area (Å²) in [7, 11) is 0. The van der Waals surface area contributed by atoms with Crippen LogP contribution in [0.1, 0.15) is 12.8 Å². The SMILES string of the molecule is Br.O=C(Nc1ccc2ccccc2c1)C1CCCN1. The number of hydrogen-bond acceptors (Lipinski definition) is 2. The van der Waals surface area contributed by atoms with Crippen LogP contribution in [0.4, 0.5) is 5.69 Å². The molecule has 0 saturated carbocycles. The van der Waals surface area contributed by atoms with Gasteiger partial charge in [-0.05, 0) is 42.3 Å². The number of benzene rings is 2. The lowest BCUT2D eigenvalue weighted by atomic mass is 10.1. The molecule has 2 aromatic carbocycles. The highest BCUT2D eigenvalue weighted by Gasteiger charge is 2.21. The molecule has 1 fully saturated rings. The molecule has 2 N–H and O–H groups in total. The van der Waals surface area contributed by atoms with Crippen molar-refractivity contribution in [1.82, 2.24) is 5.32 Å². The van der Waals surface area contributed by atoms with Crippen molar-refractivity contribution in [1.29, 1.82) is 0 Å². The van der Waals surface area contributed by atoms with E-state index in [4.69, 9.17) is 0 Å². The summed E-state index contributed by atoms with van der Waals surface area (Å²) < 4.78 is 0. The van der Waals surface area contributed by atoms with Gasteiger partial charge in [0.15, 0.2) is 0 Å². The van der Waals surface area contributed by atoms with E-state index in [9.17, 15) is 4.79 Å². The number of fused-ring (bicyclic) bond motifs is 1. The summed E-state index contributed by atoms with van der Waals surface area (Å²) in [6.07, 6.45) is 2.01. The summed E-state index contributed by atoms with van der Waals surface area (Å²) in [5.74, 6) is 0.0720. The minimum atomic E-state index is -0.0310. The maximum atomic E-state index is 12.0. The van der Waals surface area contributed by atoms with Gasteiger partial charge >= 0.3 is 0 Å². The predicted molar refractivity (Wildman–Crippen MR) is 83.9 cm³/mol. The third-order valence-corrected chi connectivity index (χ3v) is 3.39. The number of carbonyl (C=O) groups is 1. The largest absolute Gasteiger partial charge is 0.325 e. The maximum absolute atomic E-state index is 12.0. The first kappa shape index (κ1) is 14.0. The van der Waals surface area contributed by atoms with Crippen LogP contribution in [0.25, 0.3) is 10.8 Å². The second kappa shape index (κ2) is 6.17. The summed E-state index contributed by atoms with van der Waals surface area (Å²) >= 11 is 0. The van der Waals surface area contributed by atoms with Crippen molar-refractivity contribution in [2.24, 2.45) is 0 Å². The second-order valence-corrected chi connectivity index (χ2v) is 4.70. The Morgan fingerprint density at radius 1 is 1.16 bits per heavy atom. The molecule has 1 saturated heterocycles. The molecule has 0 aromatic heterocycles. The molecular formula is C15H17BrN2O. The molecule has 0 spiro atoms. The topological polar surface area (TPSA) is 41.1 Å². The van der Waals surface area contributed by atoms with Crippen molar-refractivity contribution in [3.05, 3.63) is 42.5 Å². The van der Waals surface area contributed by atoms with Gasteiger partial charge in [-0.25, -0.2) is 0 Å². The van der Waals surface area contributed by atoms with Crippen LogP contribution in [-0.4, -0.2) is 18.5 Å². The minimum Gasteiger partial charge on any atom is -0.325 e. The highest BCUT2D eigenvalue weighted by atomic mass is 79.9. The lowest BCUT2D eigenvalue weighted by Gasteiger charge is -2.11. The Labute approximate surface area is 123 Å². The van der Waals surface area contributed by atoms with Gasteiger partial charge in [0.05, 0.1) is 6.04 Å². The number of carbonyl (C=O) groups excluding carboxylic acids is 1. The molecule has 1 aliphatic heterocycles. The Hall–Kier alpha value is -1.39. The van der Waals surface area contributed by atoms with Crippen molar-refractivity contribution in [3.8, 4) is 0 Å². The number of amides is 1. The summed E-state index contributed by atoms with van der Waals surface area (Å²) in [5, 5.41) is 8.51. The zero-order chi connectivity index (χ0) is 12.4. The molecule has 4 heteroatoms. The van der Waals surface area contributed by atoms with Crippen LogP contribution in [-0.2, 0) is 4.79 Å². The third-order valence-electron chi connectivity index (χ3n) is 3.39. The Kier molecular flexibility index (Phi) is 4.56. The Balaban J connectivity index is 0.00000133. The first-order chi connectivity index (χ1) is 8.83. The van der Waals surface area contributed by atoms with E-state index in [2.05, 4.69) is 22.8 Å². The van der Waals surface area contributed by atoms with Crippen LogP contribution in [0.3, 0.4) is 0 Å². The molecule has 1 atom stereocenters. The molecule has 1 unspecified atom stereocenters. The smallest absolute Gasteiger partial charge is 0.241 e. The molecule has 1 amide bonds. The van der Waals surface area contributed by atoms with E-state index in [1.54, 1.807) is 0 Å². The van der Waals surface area contributed by atoms with Gasteiger partial charge in [0.2, 0.25) is 5.91 Å². The van der Waals surface area contributed by atoms with E-state index in [0.717, 1.165) is 30.5 Å². The predicted octanol–water partition coefficient (Wildman–Crippen LogP) is 3.11. The van der Waals surface area contributed by atoms with Crippen LogP contribution in [0, 0.1) is 0 Å². The Morgan fingerprint density at radius 3 is 2.68 bits per heavy atom. The molecule has 100 valence electrons. The second-order valence-electron chi connectivity index (χ2n) is 4.70. The molecule has 1 heterocycles. The van der Waals surface area contributed by atoms with Crippen molar-refractivity contribution in [2.45, 2.75) is 18.9 Å². The fraction of sp³-hybridized carbons (Fsp3) is 0.267. The molecule has 3 nitrogen and oxygen atoms in total. The number of hydrogen-bond donors (Lipinski definition) is 2. The first-order valence-corrected chi connectivity index (χ1v) is 6.36. The molecule has 0 aliphatic carbocycles. The number of halogens is 1. The summed E-state index contributed by atoms with van der Waals surface area (Å²) in [6, 6.07) is 14.1. The highest BCUT2D eigenvalue weighted by molar-refractivity contribution is 8.93. The van der Waals surface area contributed by atoms with Crippen LogP contribution in [0.5, 0.6) is 0 Å². The van der Waals surface area contributed by atoms with Gasteiger partial charge in [0.1, 0.15) is 0 Å². The third kappa shape index (κ3) is 3.14. The molecule has 0 bridgehead atoms. The fourth-order valence-corrected chi connectivity index (χ4v) is 2.40. The van der Waals surface area contributed by atoms with Gasteiger partial charge < -0.3 is 10.6 Å². The summed E-state index contributed by atoms with van der Waals surface area (Å²) in [6.45, 7) is 0.940. The van der Waals surface area contributed by atoms with Gasteiger partial charge in [-0.1, -0.05) is 30.3 Å². The monoisotopic (exact) mass is 320 g/mol. The van der Waals surface area contributed by atoms with Gasteiger partial charge in [-0.15, -0.1) is 17.0 Å². The van der Waals surface area contributed by atoms with Crippen LogP contribution in [0.15, 0.2) is 42.5 Å². The van der Waals surface area contributed by atoms with Gasteiger partial charge in [0, 0.05) is 5.69 Å². The summed E-state index contributed by atoms with van der Waals surface area (Å²) in [5.41, 5.74) is 0.868. The van der Waals surface area contributed by atoms with Crippen LogP contribution < -0.4 is 10.6 Å². The number of anilines is 1. The first-order valence-electron chi connectivity index (χ1n) is 6.36. The average molecular weight is 321 g/mol. The fourth-order valence-electron chi connectivity index (χ4n) is 2.40. The van der Waals surface area contributed by atoms with E-state index in [1.165, 1.54) is 5.39 Å². The average Bonchev–Trinajstić information content (AvgIpc) is 2.92. The zero-order valence-corrected chi connectivity index (χ0v) is 12.3. The van der Waals surface area contributed by atoms with E-state index >= 15 is 0 Å². The van der Waals surface area contributed by atoms with Crippen molar-refractivity contribution in [2.75, 3.05) is 11.9 Å². The summed E-state index contributed by atoms with van der Waals surface area (Å²) in [4.78, 5) is 12.0. The van der Waals surface area contributed by atoms with Gasteiger partial charge in [-0.3, -0.25) is 4.79 Å². The standard InChI is InChI=1S/C15H16N2O.BrH/c18-15(14-6-3-9-16-14)17-13-8-7-11-4-1-2-5-12(11)10-13;/h1-2,4-5,7-8,10,14,16H,3,6,9H2,(H,17,18);1H. The van der Waals surface area contributed by atoms with Crippen LogP contribution >= 0.6 is 17.0 Å². The molecule has 3 rings (SSSR count). The number of rotatable bonds is 2. The quantitative estimate of drug-likeness (QED) is 0.892. The highest BCUT2D eigenvalue weighted by Crippen LogP contribution is 2.19. The lowest BCUT2D eigenvalue weighted by molar-refractivity contribution is -0.117. The van der Waals surface area contributed by atoms with Gasteiger partial charge in [-0.2, -0.15) is 0 Å². The van der Waals surface area contributed by atoms with Gasteiger partial charge in [0.25, 0.3) is 0 Å². The van der Waals surface area contributed by atoms with Crippen molar-refractivity contribution < 1.29 is 4.79 Å². The lowest BCUT2D eigenvalue weighted by Crippen LogP contribution is -2.35. The molecule has 0 radical (unpaired) electrons. The Morgan fingerprint density at radius 2 is 1.95 bits per heavy atom. The normalized spacial score (nSPS) is 18.0. The van der Waals surface area contributed by atoms with E-state index in [0.29, 0.717) is 0 Å². The number of nitrogens with one attached hydrogen (secondary N) is 2. The minimum absolute atomic E-state index is 0. The maximum Gasteiger partial charge on any atom is 0.241 e. The zero-order valence-electron chi connectivity index (χ0n) is 10.6. The van der Waals surface area contributed by atoms with E-state index < -0.39 is 0 Å². The molecule has 1 aliphatic rings. The van der Waals surface area contributed by atoms with Crippen molar-refractivity contribution >= 4 is 39.3 Å².